The Morgan fingerprint density at radius 1 is 0.923 bits per heavy atom. The van der Waals surface area contributed by atoms with Crippen LogP contribution in [0.2, 0.25) is 5.02 Å². The van der Waals surface area contributed by atoms with E-state index < -0.39 is 28.5 Å². The monoisotopic (exact) mass is 569 g/mol. The third-order valence-electron chi connectivity index (χ3n) is 6.57. The van der Waals surface area contributed by atoms with E-state index in [1.54, 1.807) is 49.4 Å². The molecule has 0 bridgehead atoms. The topological polar surface area (TPSA) is 86.8 Å². The minimum atomic E-state index is -4.12. The number of nitrogens with one attached hydrogen (secondary N) is 1. The fourth-order valence-electron chi connectivity index (χ4n) is 4.18. The number of hydrogen-bond acceptors (Lipinski definition) is 4. The van der Waals surface area contributed by atoms with E-state index >= 15 is 0 Å². The van der Waals surface area contributed by atoms with Gasteiger partial charge in [-0.25, -0.2) is 8.42 Å². The molecule has 3 aromatic rings. The van der Waals surface area contributed by atoms with Crippen molar-refractivity contribution in [2.45, 2.75) is 65.1 Å². The lowest BCUT2D eigenvalue weighted by molar-refractivity contribution is -0.139. The van der Waals surface area contributed by atoms with Crippen LogP contribution in [0.15, 0.2) is 71.6 Å². The van der Waals surface area contributed by atoms with Crippen molar-refractivity contribution in [3.8, 4) is 0 Å². The van der Waals surface area contributed by atoms with E-state index in [9.17, 15) is 18.0 Å². The quantitative estimate of drug-likeness (QED) is 0.354. The highest BCUT2D eigenvalue weighted by atomic mass is 35.5. The Kier molecular flexibility index (Phi) is 9.80. The molecule has 0 aliphatic heterocycles. The van der Waals surface area contributed by atoms with Crippen LogP contribution in [0, 0.1) is 20.8 Å². The van der Waals surface area contributed by atoms with Crippen LogP contribution in [0.5, 0.6) is 0 Å². The van der Waals surface area contributed by atoms with Crippen LogP contribution in [-0.2, 0) is 26.2 Å². The highest BCUT2D eigenvalue weighted by molar-refractivity contribution is 7.92. The Hall–Kier alpha value is -3.36. The molecule has 1 atom stereocenters. The second kappa shape index (κ2) is 12.7. The maximum Gasteiger partial charge on any atom is 0.264 e. The van der Waals surface area contributed by atoms with E-state index in [1.165, 1.54) is 17.0 Å². The summed E-state index contributed by atoms with van der Waals surface area (Å²) >= 11 is 6.18. The van der Waals surface area contributed by atoms with Gasteiger partial charge in [-0.15, -0.1) is 0 Å². The summed E-state index contributed by atoms with van der Waals surface area (Å²) in [6.07, 6.45) is 0. The Morgan fingerprint density at radius 2 is 1.56 bits per heavy atom. The third kappa shape index (κ3) is 7.40. The molecule has 0 fully saturated rings. The molecule has 1 N–H and O–H groups in total. The van der Waals surface area contributed by atoms with Crippen LogP contribution in [0.3, 0.4) is 0 Å². The summed E-state index contributed by atoms with van der Waals surface area (Å²) in [5, 5.41) is 3.35. The van der Waals surface area contributed by atoms with E-state index in [2.05, 4.69) is 5.32 Å². The highest BCUT2D eigenvalue weighted by Crippen LogP contribution is 2.29. The number of carbonyl (C=O) groups is 2. The molecule has 3 rings (SSSR count). The van der Waals surface area contributed by atoms with Gasteiger partial charge in [0.1, 0.15) is 12.6 Å². The van der Waals surface area contributed by atoms with Crippen molar-refractivity contribution >= 4 is 39.1 Å². The molecule has 0 spiro atoms. The highest BCUT2D eigenvalue weighted by Gasteiger charge is 2.33. The number of sulfonamides is 1. The predicted molar refractivity (Wildman–Crippen MR) is 156 cm³/mol. The Bertz CT molecular complexity index is 1440. The molecule has 39 heavy (non-hydrogen) atoms. The molecule has 208 valence electrons. The first kappa shape index (κ1) is 30.2. The predicted octanol–water partition coefficient (Wildman–Crippen LogP) is 5.40. The van der Waals surface area contributed by atoms with Gasteiger partial charge in [0.15, 0.2) is 0 Å². The average molecular weight is 570 g/mol. The molecular formula is C30H36ClN3O4S. The zero-order valence-electron chi connectivity index (χ0n) is 23.2. The van der Waals surface area contributed by atoms with E-state index in [0.29, 0.717) is 10.7 Å². The molecule has 1 unspecified atom stereocenters. The van der Waals surface area contributed by atoms with E-state index in [4.69, 9.17) is 11.6 Å². The number of rotatable bonds is 10. The molecule has 0 aliphatic rings. The summed E-state index contributed by atoms with van der Waals surface area (Å²) < 4.78 is 29.1. The summed E-state index contributed by atoms with van der Waals surface area (Å²) in [7, 11) is -4.12. The zero-order valence-corrected chi connectivity index (χ0v) is 24.8. The number of amides is 2. The van der Waals surface area contributed by atoms with Gasteiger partial charge < -0.3 is 10.2 Å². The van der Waals surface area contributed by atoms with Crippen molar-refractivity contribution in [1.29, 1.82) is 0 Å². The first-order valence-electron chi connectivity index (χ1n) is 12.8. The lowest BCUT2D eigenvalue weighted by Gasteiger charge is -2.33. The molecule has 0 saturated carbocycles. The number of anilines is 1. The fraction of sp³-hybridized carbons (Fsp3) is 0.333. The van der Waals surface area contributed by atoms with Gasteiger partial charge in [0.2, 0.25) is 11.8 Å². The molecule has 0 aliphatic carbocycles. The van der Waals surface area contributed by atoms with Gasteiger partial charge in [-0.05, 0) is 88.6 Å². The number of benzene rings is 3. The molecule has 0 aromatic heterocycles. The number of aryl methyl sites for hydroxylation is 2. The summed E-state index contributed by atoms with van der Waals surface area (Å²) in [6.45, 7) is 10.5. The van der Waals surface area contributed by atoms with E-state index in [0.717, 1.165) is 26.6 Å². The summed E-state index contributed by atoms with van der Waals surface area (Å²) in [4.78, 5) is 28.5. The number of halogens is 1. The molecule has 0 saturated heterocycles. The van der Waals surface area contributed by atoms with E-state index in [-0.39, 0.29) is 23.4 Å². The third-order valence-corrected chi connectivity index (χ3v) is 8.58. The second-order valence-electron chi connectivity index (χ2n) is 10.0. The van der Waals surface area contributed by atoms with Gasteiger partial charge in [0, 0.05) is 17.6 Å². The molecule has 7 nitrogen and oxygen atoms in total. The minimum absolute atomic E-state index is 0.0776. The lowest BCUT2D eigenvalue weighted by Crippen LogP contribution is -2.52. The van der Waals surface area contributed by atoms with Gasteiger partial charge >= 0.3 is 0 Å². The Balaban J connectivity index is 2.08. The summed E-state index contributed by atoms with van der Waals surface area (Å²) in [5.74, 6) is -0.849. The van der Waals surface area contributed by atoms with Crippen LogP contribution in [0.1, 0.15) is 43.0 Å². The number of carbonyl (C=O) groups excluding carboxylic acids is 2. The van der Waals surface area contributed by atoms with Crippen molar-refractivity contribution in [3.63, 3.8) is 0 Å². The molecule has 3 aromatic carbocycles. The van der Waals surface area contributed by atoms with Crippen molar-refractivity contribution in [1.82, 2.24) is 10.2 Å². The average Bonchev–Trinajstić information content (AvgIpc) is 2.87. The van der Waals surface area contributed by atoms with Crippen LogP contribution < -0.4 is 9.62 Å². The summed E-state index contributed by atoms with van der Waals surface area (Å²) in [5.41, 5.74) is 3.68. The van der Waals surface area contributed by atoms with Crippen molar-refractivity contribution in [2.75, 3.05) is 10.8 Å². The van der Waals surface area contributed by atoms with Gasteiger partial charge in [0.25, 0.3) is 10.0 Å². The number of nitrogens with zero attached hydrogens (tertiary/aromatic N) is 2. The first-order valence-corrected chi connectivity index (χ1v) is 14.6. The SMILES string of the molecule is Cc1ccc(S(=O)(=O)N(CC(=O)N(Cc2cccc(Cl)c2)C(C)C(=O)NC(C)C)c2cccc(C)c2C)cc1. The number of hydrogen-bond donors (Lipinski definition) is 1. The smallest absolute Gasteiger partial charge is 0.264 e. The van der Waals surface area contributed by atoms with Gasteiger partial charge in [-0.1, -0.05) is 53.6 Å². The maximum absolute atomic E-state index is 14.0. The normalized spacial score (nSPS) is 12.2. The summed E-state index contributed by atoms with van der Waals surface area (Å²) in [6, 6.07) is 17.9. The van der Waals surface area contributed by atoms with Crippen molar-refractivity contribution in [3.05, 3.63) is 94.0 Å². The Morgan fingerprint density at radius 3 is 2.18 bits per heavy atom. The van der Waals surface area contributed by atoms with Gasteiger partial charge in [0.05, 0.1) is 10.6 Å². The Labute approximate surface area is 236 Å². The minimum Gasteiger partial charge on any atom is -0.352 e. The molecule has 0 radical (unpaired) electrons. The zero-order chi connectivity index (χ0) is 28.9. The second-order valence-corrected chi connectivity index (χ2v) is 12.3. The van der Waals surface area contributed by atoms with Crippen molar-refractivity contribution in [2.24, 2.45) is 0 Å². The van der Waals surface area contributed by atoms with Crippen LogP contribution in [0.4, 0.5) is 5.69 Å². The molecular weight excluding hydrogens is 534 g/mol. The molecule has 0 heterocycles. The largest absolute Gasteiger partial charge is 0.352 e. The maximum atomic E-state index is 14.0. The fourth-order valence-corrected chi connectivity index (χ4v) is 5.86. The van der Waals surface area contributed by atoms with Gasteiger partial charge in [-0.2, -0.15) is 0 Å². The first-order chi connectivity index (χ1) is 18.3. The standard InChI is InChI=1S/C30H36ClN3O4S/c1-20(2)32-30(36)24(6)33(18-25-10-8-11-26(31)17-25)29(35)19-34(28-12-7-9-22(4)23(28)5)39(37,38)27-15-13-21(3)14-16-27/h7-17,20,24H,18-19H2,1-6H3,(H,32,36). The lowest BCUT2D eigenvalue weighted by atomic mass is 10.1. The van der Waals surface area contributed by atoms with Gasteiger partial charge in [-0.3, -0.25) is 13.9 Å². The van der Waals surface area contributed by atoms with Crippen LogP contribution >= 0.6 is 11.6 Å². The molecule has 9 heteroatoms. The molecule has 2 amide bonds. The van der Waals surface area contributed by atoms with Crippen molar-refractivity contribution < 1.29 is 18.0 Å². The van der Waals surface area contributed by atoms with Crippen LogP contribution in [-0.4, -0.2) is 43.8 Å². The van der Waals surface area contributed by atoms with Crippen LogP contribution in [0.25, 0.3) is 0 Å². The van der Waals surface area contributed by atoms with E-state index in [1.807, 2.05) is 46.8 Å².